The number of unbranched alkanes of at least 4 members (excludes halogenated alkanes) is 1. The van der Waals surface area contributed by atoms with Crippen molar-refractivity contribution in [1.29, 1.82) is 0 Å². The van der Waals surface area contributed by atoms with Crippen LogP contribution in [0.2, 0.25) is 0 Å². The predicted molar refractivity (Wildman–Crippen MR) is 182 cm³/mol. The number of benzene rings is 1. The van der Waals surface area contributed by atoms with Crippen LogP contribution in [0.15, 0.2) is 71.9 Å². The van der Waals surface area contributed by atoms with Gasteiger partial charge in [-0.15, -0.1) is 0 Å². The van der Waals surface area contributed by atoms with E-state index in [1.807, 2.05) is 12.1 Å². The normalized spacial score (nSPS) is 15.0. The number of amides is 1. The number of anilines is 1. The number of sulfonamides is 1. The number of esters is 1. The van der Waals surface area contributed by atoms with Crippen LogP contribution in [0.5, 0.6) is 0 Å². The monoisotopic (exact) mass is 664 g/mol. The fourth-order valence-corrected chi connectivity index (χ4v) is 6.56. The number of aromatic nitrogens is 2. The van der Waals surface area contributed by atoms with E-state index >= 15 is 0 Å². The summed E-state index contributed by atoms with van der Waals surface area (Å²) in [6.07, 6.45) is 8.20. The van der Waals surface area contributed by atoms with Gasteiger partial charge in [-0.2, -0.15) is 0 Å². The molecule has 3 aromatic rings. The van der Waals surface area contributed by atoms with Crippen molar-refractivity contribution in [2.75, 3.05) is 11.4 Å². The first-order valence-corrected chi connectivity index (χ1v) is 17.7. The molecule has 1 amide bonds. The Hall–Kier alpha value is -3.83. The van der Waals surface area contributed by atoms with Crippen molar-refractivity contribution in [2.24, 2.45) is 0 Å². The molecule has 10 nitrogen and oxygen atoms in total. The SMILES string of the molecule is CCCCC1(c2ccc(CC(NS(=O)(=O)c3cccnc3)c3cccc(N(CC(=O)OC(C)(C)C)C(=O)OC(C)(C)C)n3)cc2)CC1. The fourth-order valence-electron chi connectivity index (χ4n) is 5.39. The highest BCUT2D eigenvalue weighted by molar-refractivity contribution is 7.89. The average Bonchev–Trinajstić information content (AvgIpc) is 3.78. The molecule has 0 radical (unpaired) electrons. The molecule has 2 aromatic heterocycles. The first kappa shape index (κ1) is 36.0. The smallest absolute Gasteiger partial charge is 0.416 e. The third-order valence-corrected chi connectivity index (χ3v) is 9.28. The Labute approximate surface area is 279 Å². The Kier molecular flexibility index (Phi) is 11.1. The van der Waals surface area contributed by atoms with E-state index in [0.29, 0.717) is 5.69 Å². The van der Waals surface area contributed by atoms with Crippen LogP contribution >= 0.6 is 0 Å². The molecule has 11 heteroatoms. The van der Waals surface area contributed by atoms with E-state index in [1.54, 1.807) is 65.8 Å². The van der Waals surface area contributed by atoms with Crippen molar-refractivity contribution in [1.82, 2.24) is 14.7 Å². The minimum Gasteiger partial charge on any atom is -0.459 e. The van der Waals surface area contributed by atoms with E-state index in [0.717, 1.165) is 16.9 Å². The molecule has 1 N–H and O–H groups in total. The van der Waals surface area contributed by atoms with Gasteiger partial charge in [0.25, 0.3) is 0 Å². The van der Waals surface area contributed by atoms with Crippen LogP contribution < -0.4 is 9.62 Å². The van der Waals surface area contributed by atoms with Crippen LogP contribution in [0, 0.1) is 0 Å². The molecule has 0 saturated heterocycles. The first-order chi connectivity index (χ1) is 22.0. The third-order valence-electron chi connectivity index (χ3n) is 7.82. The second kappa shape index (κ2) is 14.5. The maximum Gasteiger partial charge on any atom is 0.416 e. The van der Waals surface area contributed by atoms with Crippen molar-refractivity contribution in [3.8, 4) is 0 Å². The number of hydrogen-bond acceptors (Lipinski definition) is 8. The number of ether oxygens (including phenoxy) is 2. The lowest BCUT2D eigenvalue weighted by atomic mass is 9.89. The number of pyridine rings is 2. The van der Waals surface area contributed by atoms with Gasteiger partial charge in [-0.1, -0.05) is 50.1 Å². The molecule has 1 aromatic carbocycles. The molecule has 2 heterocycles. The Bertz CT molecular complexity index is 1630. The lowest BCUT2D eigenvalue weighted by Crippen LogP contribution is -2.42. The topological polar surface area (TPSA) is 128 Å². The summed E-state index contributed by atoms with van der Waals surface area (Å²) in [7, 11) is -4.00. The summed E-state index contributed by atoms with van der Waals surface area (Å²) in [6, 6.07) is 15.6. The van der Waals surface area contributed by atoms with Crippen LogP contribution in [0.25, 0.3) is 0 Å². The zero-order valence-corrected chi connectivity index (χ0v) is 29.4. The van der Waals surface area contributed by atoms with Crippen LogP contribution in [0.1, 0.15) is 103 Å². The Morgan fingerprint density at radius 1 is 0.957 bits per heavy atom. The van der Waals surface area contributed by atoms with E-state index in [4.69, 9.17) is 14.5 Å². The highest BCUT2D eigenvalue weighted by atomic mass is 32.2. The molecular weight excluding hydrogens is 616 g/mol. The van der Waals surface area contributed by atoms with E-state index in [2.05, 4.69) is 28.8 Å². The van der Waals surface area contributed by atoms with Gasteiger partial charge in [-0.25, -0.2) is 22.9 Å². The molecule has 47 heavy (non-hydrogen) atoms. The molecule has 1 aliphatic rings. The fraction of sp³-hybridized carbons (Fsp3) is 0.500. The van der Waals surface area contributed by atoms with Gasteiger partial charge in [0.05, 0.1) is 11.7 Å². The summed E-state index contributed by atoms with van der Waals surface area (Å²) >= 11 is 0. The van der Waals surface area contributed by atoms with E-state index in [-0.39, 0.29) is 22.5 Å². The van der Waals surface area contributed by atoms with Gasteiger partial charge in [0.1, 0.15) is 28.5 Å². The van der Waals surface area contributed by atoms with E-state index in [9.17, 15) is 18.0 Å². The number of hydrogen-bond donors (Lipinski definition) is 1. The lowest BCUT2D eigenvalue weighted by Gasteiger charge is -2.28. The molecule has 1 fully saturated rings. The summed E-state index contributed by atoms with van der Waals surface area (Å²) in [4.78, 5) is 36.1. The molecule has 0 spiro atoms. The van der Waals surface area contributed by atoms with E-state index in [1.165, 1.54) is 49.7 Å². The highest BCUT2D eigenvalue weighted by Gasteiger charge is 2.43. The molecule has 1 aliphatic carbocycles. The zero-order chi connectivity index (χ0) is 34.5. The van der Waals surface area contributed by atoms with E-state index < -0.39 is 45.9 Å². The van der Waals surface area contributed by atoms with Gasteiger partial charge in [0, 0.05) is 12.4 Å². The zero-order valence-electron chi connectivity index (χ0n) is 28.6. The Morgan fingerprint density at radius 2 is 1.64 bits per heavy atom. The molecular formula is C36H48N4O6S. The van der Waals surface area contributed by atoms with Gasteiger partial charge in [0.2, 0.25) is 10.0 Å². The average molecular weight is 665 g/mol. The quantitative estimate of drug-likeness (QED) is 0.193. The summed E-state index contributed by atoms with van der Waals surface area (Å²) in [5.74, 6) is -0.521. The summed E-state index contributed by atoms with van der Waals surface area (Å²) in [5, 5.41) is 0. The van der Waals surface area contributed by atoms with Crippen molar-refractivity contribution in [3.05, 3.63) is 83.8 Å². The maximum absolute atomic E-state index is 13.5. The van der Waals surface area contributed by atoms with Gasteiger partial charge in [-0.3, -0.25) is 14.7 Å². The van der Waals surface area contributed by atoms with Gasteiger partial charge in [-0.05, 0) is 108 Å². The second-order valence-electron chi connectivity index (χ2n) is 14.2. The van der Waals surface area contributed by atoms with Crippen LogP contribution in [-0.2, 0) is 36.1 Å². The first-order valence-electron chi connectivity index (χ1n) is 16.2. The van der Waals surface area contributed by atoms with Crippen molar-refractivity contribution in [3.63, 3.8) is 0 Å². The third kappa shape index (κ3) is 10.3. The molecule has 1 unspecified atom stereocenters. The minimum atomic E-state index is -4.00. The summed E-state index contributed by atoms with van der Waals surface area (Å²) in [6.45, 7) is 12.2. The minimum absolute atomic E-state index is 0.0170. The van der Waals surface area contributed by atoms with Crippen LogP contribution in [-0.4, -0.2) is 48.2 Å². The van der Waals surface area contributed by atoms with Crippen LogP contribution in [0.3, 0.4) is 0 Å². The maximum atomic E-state index is 13.5. The van der Waals surface area contributed by atoms with Gasteiger partial charge < -0.3 is 9.47 Å². The molecule has 0 aliphatic heterocycles. The predicted octanol–water partition coefficient (Wildman–Crippen LogP) is 7.04. The number of rotatable bonds is 13. The Balaban J connectivity index is 1.69. The largest absolute Gasteiger partial charge is 0.459 e. The summed E-state index contributed by atoms with van der Waals surface area (Å²) in [5.41, 5.74) is 1.24. The molecule has 4 rings (SSSR count). The van der Waals surface area contributed by atoms with Crippen molar-refractivity contribution in [2.45, 2.75) is 115 Å². The standard InChI is InChI=1S/C36H48N4O6S/c1-8-9-19-36(20-21-36)27-17-15-26(16-18-27)23-30(39-47(43,44)28-12-11-22-37-24-28)29-13-10-14-31(38-29)40(33(42)46-35(5,6)7)25-32(41)45-34(2,3)4/h10-18,22,24,30,39H,8-9,19-21,23,25H2,1-7H3. The number of carbonyl (C=O) groups excluding carboxylic acids is 2. The Morgan fingerprint density at radius 3 is 2.21 bits per heavy atom. The number of carbonyl (C=O) groups is 2. The lowest BCUT2D eigenvalue weighted by molar-refractivity contribution is -0.153. The van der Waals surface area contributed by atoms with Crippen LogP contribution in [0.4, 0.5) is 10.6 Å². The van der Waals surface area contributed by atoms with Crippen molar-refractivity contribution >= 4 is 27.9 Å². The number of nitrogens with one attached hydrogen (secondary N) is 1. The van der Waals surface area contributed by atoms with Gasteiger partial charge >= 0.3 is 12.1 Å². The second-order valence-corrected chi connectivity index (χ2v) is 15.9. The van der Waals surface area contributed by atoms with Crippen molar-refractivity contribution < 1.29 is 27.5 Å². The highest BCUT2D eigenvalue weighted by Crippen LogP contribution is 2.52. The summed E-state index contributed by atoms with van der Waals surface area (Å²) < 4.78 is 41.0. The molecule has 254 valence electrons. The molecule has 1 atom stereocenters. The molecule has 0 bridgehead atoms. The van der Waals surface area contributed by atoms with Gasteiger partial charge in [0.15, 0.2) is 0 Å². The number of nitrogens with zero attached hydrogens (tertiary/aromatic N) is 3. The molecule has 1 saturated carbocycles.